The molecule has 1 heterocycles. The highest BCUT2D eigenvalue weighted by atomic mass is 35.5. The van der Waals surface area contributed by atoms with E-state index in [0.717, 1.165) is 10.4 Å². The molecule has 6 nitrogen and oxygen atoms in total. The van der Waals surface area contributed by atoms with Gasteiger partial charge in [-0.1, -0.05) is 17.7 Å². The molecule has 136 valence electrons. The van der Waals surface area contributed by atoms with Gasteiger partial charge in [0.2, 0.25) is 15.9 Å². The number of nitrogens with one attached hydrogen (secondary N) is 1. The average Bonchev–Trinajstić information content (AvgIpc) is 2.51. The molecule has 10 heteroatoms. The highest BCUT2D eigenvalue weighted by molar-refractivity contribution is 7.88. The lowest BCUT2D eigenvalue weighted by atomic mass is 10.2. The van der Waals surface area contributed by atoms with Gasteiger partial charge < -0.3 is 10.2 Å². The fraction of sp³-hybridized carbons (Fsp3) is 0.500. The van der Waals surface area contributed by atoms with Crippen LogP contribution in [0.25, 0.3) is 0 Å². The first-order valence-corrected chi connectivity index (χ1v) is 9.15. The molecule has 24 heavy (non-hydrogen) atoms. The van der Waals surface area contributed by atoms with Gasteiger partial charge in [-0.05, 0) is 17.7 Å². The maximum absolute atomic E-state index is 13.1. The van der Waals surface area contributed by atoms with Crippen LogP contribution in [0.5, 0.6) is 0 Å². The number of nitrogens with zero attached hydrogens (tertiary/aromatic N) is 2. The van der Waals surface area contributed by atoms with Gasteiger partial charge in [-0.25, -0.2) is 12.8 Å². The first-order chi connectivity index (χ1) is 10.8. The fourth-order valence-corrected chi connectivity index (χ4v) is 3.58. The quantitative estimate of drug-likeness (QED) is 0.804. The first-order valence-electron chi connectivity index (χ1n) is 7.16. The number of rotatable bonds is 5. The molecule has 1 N–H and O–H groups in total. The normalized spacial score (nSPS) is 15.2. The van der Waals surface area contributed by atoms with Gasteiger partial charge >= 0.3 is 0 Å². The zero-order valence-corrected chi connectivity index (χ0v) is 15.6. The molecule has 0 bridgehead atoms. The van der Waals surface area contributed by atoms with E-state index in [-0.39, 0.29) is 35.6 Å². The molecule has 1 aliphatic rings. The van der Waals surface area contributed by atoms with E-state index < -0.39 is 15.8 Å². The van der Waals surface area contributed by atoms with E-state index in [9.17, 15) is 17.6 Å². The number of hydrogen-bond donors (Lipinski definition) is 1. The summed E-state index contributed by atoms with van der Waals surface area (Å²) < 4.78 is 38.8. The lowest BCUT2D eigenvalue weighted by Gasteiger charge is -2.29. The summed E-state index contributed by atoms with van der Waals surface area (Å²) in [7, 11) is -2.33. The molecule has 0 unspecified atom stereocenters. The molecule has 1 fully saturated rings. The number of amides is 1. The Bertz CT molecular complexity index is 682. The second kappa shape index (κ2) is 8.96. The van der Waals surface area contributed by atoms with Gasteiger partial charge in [0.25, 0.3) is 0 Å². The second-order valence-corrected chi connectivity index (χ2v) is 7.87. The van der Waals surface area contributed by atoms with Crippen molar-refractivity contribution in [1.82, 2.24) is 14.5 Å². The minimum absolute atomic E-state index is 0. The number of halogens is 3. The summed E-state index contributed by atoms with van der Waals surface area (Å²) in [4.78, 5) is 13.8. The molecule has 0 saturated carbocycles. The summed E-state index contributed by atoms with van der Waals surface area (Å²) in [6.45, 7) is 2.34. The van der Waals surface area contributed by atoms with Crippen molar-refractivity contribution in [3.8, 4) is 0 Å². The summed E-state index contributed by atoms with van der Waals surface area (Å²) in [6.07, 6.45) is 0. The fourth-order valence-electron chi connectivity index (χ4n) is 2.25. The topological polar surface area (TPSA) is 69.7 Å². The number of likely N-dealkylation sites (N-methyl/N-ethyl adjacent to an activating group) is 1. The van der Waals surface area contributed by atoms with Crippen LogP contribution in [-0.4, -0.2) is 63.3 Å². The molecule has 2 rings (SSSR count). The average molecular weight is 400 g/mol. The van der Waals surface area contributed by atoms with E-state index in [1.807, 2.05) is 0 Å². The van der Waals surface area contributed by atoms with Crippen molar-refractivity contribution >= 4 is 39.9 Å². The molecule has 1 aromatic carbocycles. The van der Waals surface area contributed by atoms with Gasteiger partial charge in [-0.3, -0.25) is 4.79 Å². The van der Waals surface area contributed by atoms with Crippen molar-refractivity contribution in [2.45, 2.75) is 5.75 Å². The van der Waals surface area contributed by atoms with Gasteiger partial charge in [0, 0.05) is 33.2 Å². The zero-order chi connectivity index (χ0) is 17.0. The van der Waals surface area contributed by atoms with Crippen molar-refractivity contribution in [1.29, 1.82) is 0 Å². The van der Waals surface area contributed by atoms with Crippen molar-refractivity contribution in [3.05, 3.63) is 34.6 Å². The van der Waals surface area contributed by atoms with Crippen LogP contribution in [0.2, 0.25) is 5.02 Å². The van der Waals surface area contributed by atoms with Crippen LogP contribution >= 0.6 is 24.0 Å². The van der Waals surface area contributed by atoms with Crippen LogP contribution < -0.4 is 5.32 Å². The number of piperazine rings is 1. The Morgan fingerprint density at radius 2 is 2.00 bits per heavy atom. The van der Waals surface area contributed by atoms with Crippen LogP contribution in [0.15, 0.2) is 18.2 Å². The van der Waals surface area contributed by atoms with E-state index in [4.69, 9.17) is 11.6 Å². The van der Waals surface area contributed by atoms with E-state index in [0.29, 0.717) is 31.7 Å². The van der Waals surface area contributed by atoms with Gasteiger partial charge in [0.05, 0.1) is 17.3 Å². The minimum atomic E-state index is -3.69. The van der Waals surface area contributed by atoms with E-state index in [2.05, 4.69) is 5.32 Å². The lowest BCUT2D eigenvalue weighted by Crippen LogP contribution is -2.49. The summed E-state index contributed by atoms with van der Waals surface area (Å²) in [5.74, 6) is -1.16. The molecule has 1 amide bonds. The summed E-state index contributed by atoms with van der Waals surface area (Å²) >= 11 is 5.66. The van der Waals surface area contributed by atoms with Crippen molar-refractivity contribution in [2.24, 2.45) is 0 Å². The second-order valence-electron chi connectivity index (χ2n) is 5.39. The third-order valence-corrected chi connectivity index (χ3v) is 5.70. The largest absolute Gasteiger partial charge is 0.339 e. The third kappa shape index (κ3) is 5.56. The number of carbonyl (C=O) groups excluding carboxylic acids is 1. The molecule has 0 spiro atoms. The standard InChI is InChI=1S/C14H19ClFN3O3S.ClH/c1-18(9-14(20)19-6-4-17-5-7-19)23(21,22)10-11-2-3-13(16)12(15)8-11;/h2-3,8,17H,4-7,9-10H2,1H3;1H. The number of hydrogen-bond acceptors (Lipinski definition) is 4. The molecule has 0 aromatic heterocycles. The molecule has 0 radical (unpaired) electrons. The van der Waals surface area contributed by atoms with Gasteiger partial charge in [-0.2, -0.15) is 4.31 Å². The Hall–Kier alpha value is -0.930. The van der Waals surface area contributed by atoms with Gasteiger partial charge in [0.1, 0.15) is 5.82 Å². The van der Waals surface area contributed by atoms with Crippen molar-refractivity contribution in [3.63, 3.8) is 0 Å². The monoisotopic (exact) mass is 399 g/mol. The molecular weight excluding hydrogens is 380 g/mol. The predicted molar refractivity (Wildman–Crippen MR) is 93.4 cm³/mol. The molecule has 0 aliphatic carbocycles. The Kier molecular flexibility index (Phi) is 7.88. The number of sulfonamides is 1. The van der Waals surface area contributed by atoms with Crippen LogP contribution in [0, 0.1) is 5.82 Å². The molecule has 1 saturated heterocycles. The van der Waals surface area contributed by atoms with E-state index in [1.165, 1.54) is 19.2 Å². The van der Waals surface area contributed by atoms with Gasteiger partial charge in [-0.15, -0.1) is 12.4 Å². The summed E-state index contributed by atoms with van der Waals surface area (Å²) in [5, 5.41) is 3.00. The Morgan fingerprint density at radius 3 is 2.58 bits per heavy atom. The van der Waals surface area contributed by atoms with Crippen LogP contribution in [0.1, 0.15) is 5.56 Å². The van der Waals surface area contributed by atoms with Crippen molar-refractivity contribution in [2.75, 3.05) is 39.8 Å². The molecular formula is C14H20Cl2FN3O3S. The van der Waals surface area contributed by atoms with E-state index >= 15 is 0 Å². The van der Waals surface area contributed by atoms with Crippen LogP contribution in [0.4, 0.5) is 4.39 Å². The van der Waals surface area contributed by atoms with Gasteiger partial charge in [0.15, 0.2) is 0 Å². The maximum Gasteiger partial charge on any atom is 0.237 e. The third-order valence-electron chi connectivity index (χ3n) is 3.64. The highest BCUT2D eigenvalue weighted by Crippen LogP contribution is 2.18. The molecule has 1 aliphatic heterocycles. The lowest BCUT2D eigenvalue weighted by molar-refractivity contribution is -0.131. The Morgan fingerprint density at radius 1 is 1.38 bits per heavy atom. The Labute approximate surface area is 152 Å². The van der Waals surface area contributed by atoms with Crippen LogP contribution in [0.3, 0.4) is 0 Å². The first kappa shape index (κ1) is 21.1. The summed E-state index contributed by atoms with van der Waals surface area (Å²) in [5.41, 5.74) is 0.373. The molecule has 0 atom stereocenters. The zero-order valence-electron chi connectivity index (χ0n) is 13.2. The maximum atomic E-state index is 13.1. The highest BCUT2D eigenvalue weighted by Gasteiger charge is 2.24. The molecule has 1 aromatic rings. The van der Waals surface area contributed by atoms with E-state index in [1.54, 1.807) is 4.90 Å². The SMILES string of the molecule is CN(CC(=O)N1CCNCC1)S(=O)(=O)Cc1ccc(F)c(Cl)c1.Cl. The number of benzene rings is 1. The van der Waals surface area contributed by atoms with Crippen LogP contribution in [-0.2, 0) is 20.6 Å². The smallest absolute Gasteiger partial charge is 0.237 e. The predicted octanol–water partition coefficient (Wildman–Crippen LogP) is 1.09. The number of carbonyl (C=O) groups is 1. The minimum Gasteiger partial charge on any atom is -0.339 e. The summed E-state index contributed by atoms with van der Waals surface area (Å²) in [6, 6.07) is 3.77. The Balaban J connectivity index is 0.00000288. The van der Waals surface area contributed by atoms with Crippen molar-refractivity contribution < 1.29 is 17.6 Å².